The van der Waals surface area contributed by atoms with Crippen molar-refractivity contribution in [1.82, 2.24) is 0 Å². The van der Waals surface area contributed by atoms with Crippen LogP contribution in [-0.2, 0) is 0 Å². The Balaban J connectivity index is 2.17. The van der Waals surface area contributed by atoms with Gasteiger partial charge in [0.1, 0.15) is 10.8 Å². The minimum absolute atomic E-state index is 0.274. The molecule has 0 aromatic heterocycles. The molecule has 102 valence electrons. The lowest BCUT2D eigenvalue weighted by Crippen LogP contribution is -2.14. The Bertz CT molecular complexity index is 673. The third kappa shape index (κ3) is 3.51. The van der Waals surface area contributed by atoms with Crippen LogP contribution in [0.25, 0.3) is 0 Å². The highest BCUT2D eigenvalue weighted by Gasteiger charge is 2.09. The molecule has 3 N–H and O–H groups in total. The molecule has 0 saturated carbocycles. The second kappa shape index (κ2) is 6.27. The van der Waals surface area contributed by atoms with Gasteiger partial charge in [0.25, 0.3) is 5.91 Å². The van der Waals surface area contributed by atoms with Gasteiger partial charge in [0.2, 0.25) is 0 Å². The van der Waals surface area contributed by atoms with Crippen molar-refractivity contribution < 1.29 is 9.18 Å². The van der Waals surface area contributed by atoms with Crippen molar-refractivity contribution in [3.05, 3.63) is 63.0 Å². The summed E-state index contributed by atoms with van der Waals surface area (Å²) in [4.78, 5) is 12.3. The Morgan fingerprint density at radius 3 is 2.30 bits per heavy atom. The second-order valence-electron chi connectivity index (χ2n) is 4.02. The maximum atomic E-state index is 13.0. The molecule has 0 aliphatic rings. The van der Waals surface area contributed by atoms with E-state index in [1.807, 2.05) is 22.6 Å². The normalized spacial score (nSPS) is 10.1. The maximum absolute atomic E-state index is 13.0. The zero-order chi connectivity index (χ0) is 14.7. The first-order valence-corrected chi connectivity index (χ1v) is 7.12. The molecule has 0 heterocycles. The summed E-state index contributed by atoms with van der Waals surface area (Å²) in [6.45, 7) is 0. The number of hydrogen-bond acceptors (Lipinski definition) is 2. The first-order valence-electron chi connectivity index (χ1n) is 5.63. The fourth-order valence-corrected chi connectivity index (χ4v) is 2.32. The minimum Gasteiger partial charge on any atom is -0.389 e. The molecule has 0 aliphatic heterocycles. The fraction of sp³-hybridized carbons (Fsp3) is 0. The summed E-state index contributed by atoms with van der Waals surface area (Å²) >= 11 is 6.81. The van der Waals surface area contributed by atoms with Crippen LogP contribution in [0.4, 0.5) is 10.1 Å². The van der Waals surface area contributed by atoms with Gasteiger partial charge in [0, 0.05) is 14.7 Å². The zero-order valence-corrected chi connectivity index (χ0v) is 13.2. The summed E-state index contributed by atoms with van der Waals surface area (Å²) in [5.41, 5.74) is 7.24. The van der Waals surface area contributed by atoms with E-state index in [0.29, 0.717) is 20.4 Å². The van der Waals surface area contributed by atoms with E-state index in [2.05, 4.69) is 5.32 Å². The molecule has 0 fully saturated rings. The van der Waals surface area contributed by atoms with Crippen molar-refractivity contribution >= 4 is 51.4 Å². The monoisotopic (exact) mass is 400 g/mol. The lowest BCUT2D eigenvalue weighted by atomic mass is 10.1. The van der Waals surface area contributed by atoms with Gasteiger partial charge in [-0.2, -0.15) is 0 Å². The second-order valence-corrected chi connectivity index (χ2v) is 5.62. The number of benzene rings is 2. The van der Waals surface area contributed by atoms with Crippen molar-refractivity contribution in [2.45, 2.75) is 0 Å². The van der Waals surface area contributed by atoms with Crippen LogP contribution in [0.15, 0.2) is 42.5 Å². The fourth-order valence-electron chi connectivity index (χ4n) is 1.57. The average Bonchev–Trinajstić information content (AvgIpc) is 2.42. The quantitative estimate of drug-likeness (QED) is 0.614. The van der Waals surface area contributed by atoms with Crippen LogP contribution in [0, 0.1) is 9.39 Å². The molecule has 0 aliphatic carbocycles. The van der Waals surface area contributed by atoms with Crippen LogP contribution in [-0.4, -0.2) is 10.9 Å². The average molecular weight is 400 g/mol. The third-order valence-electron chi connectivity index (χ3n) is 2.61. The summed E-state index contributed by atoms with van der Waals surface area (Å²) in [5, 5.41) is 2.73. The summed E-state index contributed by atoms with van der Waals surface area (Å²) in [6.07, 6.45) is 0. The first-order chi connectivity index (χ1) is 9.47. The van der Waals surface area contributed by atoms with Gasteiger partial charge >= 0.3 is 0 Å². The Kier molecular flexibility index (Phi) is 4.66. The number of thiocarbonyl (C=S) groups is 1. The van der Waals surface area contributed by atoms with Gasteiger partial charge in [-0.25, -0.2) is 4.39 Å². The topological polar surface area (TPSA) is 55.1 Å². The van der Waals surface area contributed by atoms with Crippen LogP contribution >= 0.6 is 34.8 Å². The number of nitrogens with one attached hydrogen (secondary N) is 1. The number of carbonyl (C=O) groups excluding carboxylic acids is 1. The summed E-state index contributed by atoms with van der Waals surface area (Å²) in [7, 11) is 0. The van der Waals surface area contributed by atoms with E-state index in [1.54, 1.807) is 24.3 Å². The Morgan fingerprint density at radius 2 is 1.75 bits per heavy atom. The molecule has 0 saturated heterocycles. The lowest BCUT2D eigenvalue weighted by molar-refractivity contribution is 0.102. The molecule has 0 atom stereocenters. The third-order valence-corrected chi connectivity index (χ3v) is 3.74. The van der Waals surface area contributed by atoms with E-state index in [0.717, 1.165) is 0 Å². The van der Waals surface area contributed by atoms with E-state index in [1.165, 1.54) is 18.2 Å². The number of carbonyl (C=O) groups is 1. The Hall–Kier alpha value is -1.54. The zero-order valence-electron chi connectivity index (χ0n) is 10.2. The van der Waals surface area contributed by atoms with E-state index in [4.69, 9.17) is 18.0 Å². The van der Waals surface area contributed by atoms with E-state index in [9.17, 15) is 9.18 Å². The number of halogens is 2. The largest absolute Gasteiger partial charge is 0.389 e. The van der Waals surface area contributed by atoms with Crippen molar-refractivity contribution in [2.24, 2.45) is 5.73 Å². The van der Waals surface area contributed by atoms with E-state index < -0.39 is 0 Å². The minimum atomic E-state index is -0.340. The predicted molar refractivity (Wildman–Crippen MR) is 89.4 cm³/mol. The number of rotatable bonds is 3. The molecule has 0 unspecified atom stereocenters. The molecule has 0 spiro atoms. The van der Waals surface area contributed by atoms with Crippen LogP contribution in [0.3, 0.4) is 0 Å². The van der Waals surface area contributed by atoms with Crippen LogP contribution in [0.1, 0.15) is 15.9 Å². The van der Waals surface area contributed by atoms with Crippen molar-refractivity contribution in [3.63, 3.8) is 0 Å². The standard InChI is InChI=1S/C14H10FIN2OS/c15-10-5-6-12(11(16)7-10)18-14(19)9-3-1-8(2-4-9)13(17)20/h1-7H,(H2,17,20)(H,18,19). The van der Waals surface area contributed by atoms with Gasteiger partial charge in [-0.1, -0.05) is 24.4 Å². The smallest absolute Gasteiger partial charge is 0.255 e. The molecule has 0 radical (unpaired) electrons. The molecule has 2 rings (SSSR count). The molecule has 0 bridgehead atoms. The van der Waals surface area contributed by atoms with Gasteiger partial charge in [0.05, 0.1) is 5.69 Å². The van der Waals surface area contributed by atoms with Crippen LogP contribution < -0.4 is 11.1 Å². The van der Waals surface area contributed by atoms with Crippen molar-refractivity contribution in [1.29, 1.82) is 0 Å². The van der Waals surface area contributed by atoms with Gasteiger partial charge < -0.3 is 11.1 Å². The highest BCUT2D eigenvalue weighted by atomic mass is 127. The molecule has 6 heteroatoms. The van der Waals surface area contributed by atoms with Gasteiger partial charge in [-0.15, -0.1) is 0 Å². The molecular formula is C14H10FIN2OS. The summed E-state index contributed by atoms with van der Waals surface area (Å²) in [5.74, 6) is -0.614. The number of hydrogen-bond donors (Lipinski definition) is 2. The van der Waals surface area contributed by atoms with Crippen molar-refractivity contribution in [2.75, 3.05) is 5.32 Å². The number of nitrogens with two attached hydrogens (primary N) is 1. The predicted octanol–water partition coefficient (Wildman–Crippen LogP) is 3.32. The number of amides is 1. The van der Waals surface area contributed by atoms with Crippen LogP contribution in [0.2, 0.25) is 0 Å². The number of anilines is 1. The Labute approximate surface area is 134 Å². The lowest BCUT2D eigenvalue weighted by Gasteiger charge is -2.08. The van der Waals surface area contributed by atoms with E-state index >= 15 is 0 Å². The molecule has 1 amide bonds. The molecule has 2 aromatic rings. The SMILES string of the molecule is NC(=S)c1ccc(C(=O)Nc2ccc(F)cc2I)cc1. The molecule has 2 aromatic carbocycles. The summed E-state index contributed by atoms with van der Waals surface area (Å²) < 4.78 is 13.6. The van der Waals surface area contributed by atoms with Gasteiger partial charge in [-0.05, 0) is 52.9 Å². The van der Waals surface area contributed by atoms with Gasteiger partial charge in [0.15, 0.2) is 0 Å². The van der Waals surface area contributed by atoms with Crippen LogP contribution in [0.5, 0.6) is 0 Å². The van der Waals surface area contributed by atoms with Crippen molar-refractivity contribution in [3.8, 4) is 0 Å². The highest BCUT2D eigenvalue weighted by molar-refractivity contribution is 14.1. The molecule has 3 nitrogen and oxygen atoms in total. The van der Waals surface area contributed by atoms with Gasteiger partial charge in [-0.3, -0.25) is 4.79 Å². The first kappa shape index (κ1) is 14.9. The van der Waals surface area contributed by atoms with E-state index in [-0.39, 0.29) is 16.7 Å². The molecular weight excluding hydrogens is 390 g/mol. The highest BCUT2D eigenvalue weighted by Crippen LogP contribution is 2.20. The Morgan fingerprint density at radius 1 is 1.15 bits per heavy atom. The summed E-state index contributed by atoms with van der Waals surface area (Å²) in [6, 6.07) is 10.8. The molecule has 20 heavy (non-hydrogen) atoms. The maximum Gasteiger partial charge on any atom is 0.255 e.